The number of benzene rings is 1. The van der Waals surface area contributed by atoms with Crippen molar-refractivity contribution in [1.29, 1.82) is 0 Å². The molecule has 0 aliphatic carbocycles. The Labute approximate surface area is 76.3 Å². The zero-order valence-electron chi connectivity index (χ0n) is 7.37. The van der Waals surface area contributed by atoms with E-state index in [1.165, 1.54) is 0 Å². The van der Waals surface area contributed by atoms with Crippen molar-refractivity contribution in [2.75, 3.05) is 6.79 Å². The van der Waals surface area contributed by atoms with Crippen LogP contribution in [-0.2, 0) is 11.2 Å². The average Bonchev–Trinajstić information content (AvgIpc) is 2.18. The summed E-state index contributed by atoms with van der Waals surface area (Å²) in [4.78, 5) is 11.3. The Hall–Kier alpha value is -1.51. The third-order valence-corrected chi connectivity index (χ3v) is 2.08. The van der Waals surface area contributed by atoms with Crippen LogP contribution in [0.1, 0.15) is 22.8 Å². The van der Waals surface area contributed by atoms with Crippen LogP contribution in [0.4, 0.5) is 0 Å². The Bertz CT molecular complexity index is 344. The van der Waals surface area contributed by atoms with Gasteiger partial charge in [-0.05, 0) is 24.1 Å². The Morgan fingerprint density at radius 3 is 3.00 bits per heavy atom. The van der Waals surface area contributed by atoms with Crippen molar-refractivity contribution in [2.45, 2.75) is 13.3 Å². The molecule has 0 aromatic heterocycles. The maximum absolute atomic E-state index is 11.3. The summed E-state index contributed by atoms with van der Waals surface area (Å²) in [7, 11) is 0. The summed E-state index contributed by atoms with van der Waals surface area (Å²) in [5.74, 6) is 0.324. The number of hydrogen-bond acceptors (Lipinski definition) is 3. The lowest BCUT2D eigenvalue weighted by Crippen LogP contribution is -2.18. The molecule has 68 valence electrons. The van der Waals surface area contributed by atoms with E-state index in [4.69, 9.17) is 9.47 Å². The molecule has 0 saturated heterocycles. The van der Waals surface area contributed by atoms with E-state index < -0.39 is 0 Å². The van der Waals surface area contributed by atoms with Gasteiger partial charge in [-0.2, -0.15) is 0 Å². The number of carbonyl (C=O) groups excluding carboxylic acids is 1. The average molecular weight is 178 g/mol. The summed E-state index contributed by atoms with van der Waals surface area (Å²) >= 11 is 0. The van der Waals surface area contributed by atoms with Gasteiger partial charge in [0.25, 0.3) is 0 Å². The molecule has 0 atom stereocenters. The fourth-order valence-electron chi connectivity index (χ4n) is 1.31. The van der Waals surface area contributed by atoms with Crippen LogP contribution >= 0.6 is 0 Å². The van der Waals surface area contributed by atoms with Crippen molar-refractivity contribution in [3.05, 3.63) is 29.3 Å². The standard InChI is InChI=1S/C10H10O3/c1-2-7-3-4-9-8(5-7)10(11)13-6-12-9/h3-5H,2,6H2,1H3. The summed E-state index contributed by atoms with van der Waals surface area (Å²) in [6, 6.07) is 5.59. The van der Waals surface area contributed by atoms with Crippen molar-refractivity contribution < 1.29 is 14.3 Å². The van der Waals surface area contributed by atoms with Crippen LogP contribution in [0, 0.1) is 0 Å². The van der Waals surface area contributed by atoms with E-state index in [0.717, 1.165) is 12.0 Å². The van der Waals surface area contributed by atoms with Crippen LogP contribution in [0.25, 0.3) is 0 Å². The van der Waals surface area contributed by atoms with E-state index in [1.807, 2.05) is 25.1 Å². The highest BCUT2D eigenvalue weighted by Gasteiger charge is 2.19. The monoisotopic (exact) mass is 178 g/mol. The zero-order valence-corrected chi connectivity index (χ0v) is 7.37. The van der Waals surface area contributed by atoms with Gasteiger partial charge in [0.2, 0.25) is 6.79 Å². The smallest absolute Gasteiger partial charge is 0.344 e. The second-order valence-electron chi connectivity index (χ2n) is 2.88. The molecular weight excluding hydrogens is 168 g/mol. The van der Waals surface area contributed by atoms with Crippen molar-refractivity contribution >= 4 is 5.97 Å². The van der Waals surface area contributed by atoms with Crippen molar-refractivity contribution in [1.82, 2.24) is 0 Å². The minimum absolute atomic E-state index is 0.0251. The zero-order chi connectivity index (χ0) is 9.26. The maximum Gasteiger partial charge on any atom is 0.344 e. The number of fused-ring (bicyclic) bond motifs is 1. The normalized spacial score (nSPS) is 14.4. The van der Waals surface area contributed by atoms with Crippen molar-refractivity contribution in [3.8, 4) is 5.75 Å². The fraction of sp³-hybridized carbons (Fsp3) is 0.300. The van der Waals surface area contributed by atoms with Gasteiger partial charge in [0.05, 0.1) is 0 Å². The summed E-state index contributed by atoms with van der Waals surface area (Å²) < 4.78 is 9.89. The second kappa shape index (κ2) is 3.09. The van der Waals surface area contributed by atoms with Crippen LogP contribution in [0.5, 0.6) is 5.75 Å². The third kappa shape index (κ3) is 1.37. The van der Waals surface area contributed by atoms with Gasteiger partial charge in [0.1, 0.15) is 11.3 Å². The molecule has 0 amide bonds. The first-order valence-corrected chi connectivity index (χ1v) is 4.24. The van der Waals surface area contributed by atoms with Crippen LogP contribution in [0.3, 0.4) is 0 Å². The van der Waals surface area contributed by atoms with Crippen LogP contribution in [0.15, 0.2) is 18.2 Å². The van der Waals surface area contributed by atoms with E-state index in [-0.39, 0.29) is 12.8 Å². The molecule has 0 bridgehead atoms. The summed E-state index contributed by atoms with van der Waals surface area (Å²) in [6.07, 6.45) is 0.903. The molecule has 0 unspecified atom stereocenters. The van der Waals surface area contributed by atoms with Gasteiger partial charge in [-0.3, -0.25) is 0 Å². The van der Waals surface area contributed by atoms with E-state index in [9.17, 15) is 4.79 Å². The Morgan fingerprint density at radius 2 is 2.23 bits per heavy atom. The molecule has 1 aliphatic heterocycles. The lowest BCUT2D eigenvalue weighted by atomic mass is 10.1. The van der Waals surface area contributed by atoms with Gasteiger partial charge >= 0.3 is 5.97 Å². The van der Waals surface area contributed by atoms with Crippen molar-refractivity contribution in [2.24, 2.45) is 0 Å². The first kappa shape index (κ1) is 8.10. The summed E-state index contributed by atoms with van der Waals surface area (Å²) in [5, 5.41) is 0. The predicted octanol–water partition coefficient (Wildman–Crippen LogP) is 1.76. The molecule has 0 radical (unpaired) electrons. The molecule has 0 saturated carbocycles. The van der Waals surface area contributed by atoms with Crippen LogP contribution in [0.2, 0.25) is 0 Å². The SMILES string of the molecule is CCc1ccc2c(c1)C(=O)OCO2. The molecule has 2 rings (SSSR count). The molecule has 13 heavy (non-hydrogen) atoms. The number of aryl methyl sites for hydroxylation is 1. The van der Waals surface area contributed by atoms with Gasteiger partial charge in [0.15, 0.2) is 0 Å². The molecule has 1 aliphatic rings. The highest BCUT2D eigenvalue weighted by Crippen LogP contribution is 2.24. The van der Waals surface area contributed by atoms with E-state index in [1.54, 1.807) is 0 Å². The lowest BCUT2D eigenvalue weighted by molar-refractivity contribution is 0.00489. The van der Waals surface area contributed by atoms with Crippen LogP contribution in [-0.4, -0.2) is 12.8 Å². The highest BCUT2D eigenvalue weighted by atomic mass is 16.7. The lowest BCUT2D eigenvalue weighted by Gasteiger charge is -2.16. The van der Waals surface area contributed by atoms with Crippen LogP contribution < -0.4 is 4.74 Å². The van der Waals surface area contributed by atoms with Gasteiger partial charge in [-0.25, -0.2) is 4.79 Å². The minimum atomic E-state index is -0.295. The fourth-order valence-corrected chi connectivity index (χ4v) is 1.31. The molecule has 0 spiro atoms. The van der Waals surface area contributed by atoms with E-state index in [0.29, 0.717) is 11.3 Å². The first-order chi connectivity index (χ1) is 6.31. The Kier molecular flexibility index (Phi) is 1.93. The summed E-state index contributed by atoms with van der Waals surface area (Å²) in [6.45, 7) is 2.06. The van der Waals surface area contributed by atoms with Gasteiger partial charge in [0, 0.05) is 0 Å². The van der Waals surface area contributed by atoms with Crippen molar-refractivity contribution in [3.63, 3.8) is 0 Å². The molecule has 3 heteroatoms. The minimum Gasteiger partial charge on any atom is -0.456 e. The quantitative estimate of drug-likeness (QED) is 0.614. The third-order valence-electron chi connectivity index (χ3n) is 2.08. The number of rotatable bonds is 1. The molecule has 3 nitrogen and oxygen atoms in total. The van der Waals surface area contributed by atoms with E-state index >= 15 is 0 Å². The highest BCUT2D eigenvalue weighted by molar-refractivity contribution is 5.93. The Balaban J connectivity index is 2.47. The molecule has 1 aromatic rings. The van der Waals surface area contributed by atoms with Gasteiger partial charge in [-0.15, -0.1) is 0 Å². The molecular formula is C10H10O3. The number of esters is 1. The Morgan fingerprint density at radius 1 is 1.38 bits per heavy atom. The maximum atomic E-state index is 11.3. The van der Waals surface area contributed by atoms with Gasteiger partial charge < -0.3 is 9.47 Å². The predicted molar refractivity (Wildman–Crippen MR) is 46.7 cm³/mol. The number of ether oxygens (including phenoxy) is 2. The second-order valence-corrected chi connectivity index (χ2v) is 2.88. The molecule has 1 heterocycles. The summed E-state index contributed by atoms with van der Waals surface area (Å²) in [5.41, 5.74) is 1.65. The first-order valence-electron chi connectivity index (χ1n) is 4.24. The number of cyclic esters (lactones) is 1. The number of carbonyl (C=O) groups is 1. The van der Waals surface area contributed by atoms with Gasteiger partial charge in [-0.1, -0.05) is 13.0 Å². The molecule has 0 fully saturated rings. The largest absolute Gasteiger partial charge is 0.456 e. The molecule has 1 aromatic carbocycles. The van der Waals surface area contributed by atoms with E-state index in [2.05, 4.69) is 0 Å². The molecule has 0 N–H and O–H groups in total. The topological polar surface area (TPSA) is 35.5 Å². The number of hydrogen-bond donors (Lipinski definition) is 0.